The van der Waals surface area contributed by atoms with Gasteiger partial charge in [0.05, 0.1) is 5.75 Å². The van der Waals surface area contributed by atoms with Gasteiger partial charge in [-0.2, -0.15) is 5.10 Å². The molecule has 0 aliphatic heterocycles. The summed E-state index contributed by atoms with van der Waals surface area (Å²) in [7, 11) is 1.92. The molecule has 0 radical (unpaired) electrons. The molecule has 1 aromatic carbocycles. The fourth-order valence-corrected chi connectivity index (χ4v) is 2.72. The number of thioether (sulfide) groups is 1. The van der Waals surface area contributed by atoms with Crippen LogP contribution in [-0.4, -0.2) is 21.3 Å². The fourth-order valence-electron chi connectivity index (χ4n) is 1.75. The molecule has 0 atom stereocenters. The van der Waals surface area contributed by atoms with Gasteiger partial charge in [-0.1, -0.05) is 19.1 Å². The van der Waals surface area contributed by atoms with E-state index in [1.165, 1.54) is 16.9 Å². The molecule has 0 spiro atoms. The maximum absolute atomic E-state index is 4.23. The van der Waals surface area contributed by atoms with E-state index in [4.69, 9.17) is 0 Å². The van der Waals surface area contributed by atoms with Crippen molar-refractivity contribution in [2.24, 2.45) is 7.05 Å². The minimum Gasteiger partial charge on any atom is -0.313 e. The van der Waals surface area contributed by atoms with Gasteiger partial charge in [-0.3, -0.25) is 4.68 Å². The van der Waals surface area contributed by atoms with Crippen molar-refractivity contribution in [3.8, 4) is 0 Å². The summed E-state index contributed by atoms with van der Waals surface area (Å²) < 4.78 is 1.82. The highest BCUT2D eigenvalue weighted by Crippen LogP contribution is 2.22. The molecule has 0 aliphatic carbocycles. The highest BCUT2D eigenvalue weighted by atomic mass is 32.2. The number of hydrogen-bond acceptors (Lipinski definition) is 4. The Bertz CT molecular complexity index is 510. The molecule has 4 nitrogen and oxygen atoms in total. The SMILES string of the molecule is CCCNCc1cccc(SCc2ncnn2C)c1. The number of nitrogens with one attached hydrogen (secondary N) is 1. The first-order chi connectivity index (χ1) is 9.29. The van der Waals surface area contributed by atoms with E-state index in [2.05, 4.69) is 46.6 Å². The van der Waals surface area contributed by atoms with E-state index in [9.17, 15) is 0 Å². The lowest BCUT2D eigenvalue weighted by Crippen LogP contribution is -2.13. The third-order valence-electron chi connectivity index (χ3n) is 2.83. The lowest BCUT2D eigenvalue weighted by atomic mass is 10.2. The van der Waals surface area contributed by atoms with E-state index in [-0.39, 0.29) is 0 Å². The molecule has 0 unspecified atom stereocenters. The van der Waals surface area contributed by atoms with Crippen LogP contribution < -0.4 is 5.32 Å². The van der Waals surface area contributed by atoms with Crippen LogP contribution in [0.5, 0.6) is 0 Å². The van der Waals surface area contributed by atoms with Crippen LogP contribution in [0.4, 0.5) is 0 Å². The van der Waals surface area contributed by atoms with Crippen molar-refractivity contribution in [2.45, 2.75) is 30.5 Å². The van der Waals surface area contributed by atoms with Crippen LogP contribution >= 0.6 is 11.8 Å². The second-order valence-corrected chi connectivity index (χ2v) is 5.46. The van der Waals surface area contributed by atoms with Crippen LogP contribution in [0.3, 0.4) is 0 Å². The molecule has 0 saturated carbocycles. The van der Waals surface area contributed by atoms with Gasteiger partial charge in [-0.05, 0) is 30.7 Å². The first-order valence-corrected chi connectivity index (χ1v) is 7.53. The quantitative estimate of drug-likeness (QED) is 0.623. The van der Waals surface area contributed by atoms with Crippen molar-refractivity contribution in [3.63, 3.8) is 0 Å². The Labute approximate surface area is 118 Å². The van der Waals surface area contributed by atoms with Gasteiger partial charge >= 0.3 is 0 Å². The summed E-state index contributed by atoms with van der Waals surface area (Å²) in [5, 5.41) is 7.50. The Hall–Kier alpha value is -1.33. The van der Waals surface area contributed by atoms with Crippen LogP contribution in [0.15, 0.2) is 35.5 Å². The second kappa shape index (κ2) is 7.31. The molecule has 0 saturated heterocycles. The number of benzene rings is 1. The predicted molar refractivity (Wildman–Crippen MR) is 79.0 cm³/mol. The largest absolute Gasteiger partial charge is 0.313 e. The lowest BCUT2D eigenvalue weighted by molar-refractivity contribution is 0.674. The van der Waals surface area contributed by atoms with E-state index in [0.29, 0.717) is 0 Å². The van der Waals surface area contributed by atoms with Gasteiger partial charge in [0, 0.05) is 18.5 Å². The number of rotatable bonds is 7. The Morgan fingerprint density at radius 3 is 3.00 bits per heavy atom. The first-order valence-electron chi connectivity index (χ1n) is 6.55. The molecule has 0 bridgehead atoms. The van der Waals surface area contributed by atoms with Gasteiger partial charge in [0.1, 0.15) is 12.2 Å². The normalized spacial score (nSPS) is 10.8. The van der Waals surface area contributed by atoms with Crippen molar-refractivity contribution in [1.82, 2.24) is 20.1 Å². The molecule has 0 fully saturated rings. The van der Waals surface area contributed by atoms with E-state index < -0.39 is 0 Å². The van der Waals surface area contributed by atoms with E-state index in [0.717, 1.165) is 24.7 Å². The molecule has 1 heterocycles. The van der Waals surface area contributed by atoms with Crippen LogP contribution in [0, 0.1) is 0 Å². The summed E-state index contributed by atoms with van der Waals surface area (Å²) in [6.45, 7) is 4.18. The number of nitrogens with zero attached hydrogens (tertiary/aromatic N) is 3. The smallest absolute Gasteiger partial charge is 0.138 e. The van der Waals surface area contributed by atoms with E-state index in [1.54, 1.807) is 18.1 Å². The molecule has 2 aromatic rings. The molecular weight excluding hydrogens is 256 g/mol. The Morgan fingerprint density at radius 2 is 2.26 bits per heavy atom. The summed E-state index contributed by atoms with van der Waals surface area (Å²) in [6.07, 6.45) is 2.77. The minimum absolute atomic E-state index is 0.850. The predicted octanol–water partition coefficient (Wildman–Crippen LogP) is 2.61. The zero-order valence-corrected chi connectivity index (χ0v) is 12.3. The van der Waals surface area contributed by atoms with Gasteiger partial charge in [0.15, 0.2) is 0 Å². The van der Waals surface area contributed by atoms with Gasteiger partial charge in [0.2, 0.25) is 0 Å². The van der Waals surface area contributed by atoms with Gasteiger partial charge in [-0.25, -0.2) is 4.98 Å². The van der Waals surface area contributed by atoms with Crippen LogP contribution in [0.1, 0.15) is 24.7 Å². The number of hydrogen-bond donors (Lipinski definition) is 1. The van der Waals surface area contributed by atoms with Crippen molar-refractivity contribution in [2.75, 3.05) is 6.54 Å². The molecular formula is C14H20N4S. The second-order valence-electron chi connectivity index (χ2n) is 4.41. The molecule has 2 rings (SSSR count). The highest BCUT2D eigenvalue weighted by Gasteiger charge is 2.02. The lowest BCUT2D eigenvalue weighted by Gasteiger charge is -2.06. The van der Waals surface area contributed by atoms with Crippen LogP contribution in [0.25, 0.3) is 0 Å². The average Bonchev–Trinajstić information content (AvgIpc) is 2.83. The summed E-state index contributed by atoms with van der Waals surface area (Å²) in [4.78, 5) is 5.51. The molecule has 102 valence electrons. The summed E-state index contributed by atoms with van der Waals surface area (Å²) in [6, 6.07) is 8.66. The van der Waals surface area contributed by atoms with E-state index >= 15 is 0 Å². The fraction of sp³-hybridized carbons (Fsp3) is 0.429. The topological polar surface area (TPSA) is 42.7 Å². The molecule has 5 heteroatoms. The van der Waals surface area contributed by atoms with Crippen molar-refractivity contribution >= 4 is 11.8 Å². The minimum atomic E-state index is 0.850. The van der Waals surface area contributed by atoms with Crippen molar-refractivity contribution in [1.29, 1.82) is 0 Å². The Kier molecular flexibility index (Phi) is 5.42. The third kappa shape index (κ3) is 4.36. The Balaban J connectivity index is 1.90. The number of aromatic nitrogens is 3. The summed E-state index contributed by atoms with van der Waals surface area (Å²) >= 11 is 1.79. The molecule has 0 aliphatic rings. The maximum atomic E-state index is 4.23. The zero-order valence-electron chi connectivity index (χ0n) is 11.5. The third-order valence-corrected chi connectivity index (χ3v) is 3.82. The van der Waals surface area contributed by atoms with Crippen LogP contribution in [0.2, 0.25) is 0 Å². The molecule has 19 heavy (non-hydrogen) atoms. The van der Waals surface area contributed by atoms with E-state index in [1.807, 2.05) is 11.7 Å². The van der Waals surface area contributed by atoms with Gasteiger partial charge in [0.25, 0.3) is 0 Å². The summed E-state index contributed by atoms with van der Waals surface area (Å²) in [5.74, 6) is 1.85. The highest BCUT2D eigenvalue weighted by molar-refractivity contribution is 7.98. The average molecular weight is 276 g/mol. The van der Waals surface area contributed by atoms with Crippen molar-refractivity contribution < 1.29 is 0 Å². The van der Waals surface area contributed by atoms with Gasteiger partial charge in [-0.15, -0.1) is 11.8 Å². The number of aryl methyl sites for hydroxylation is 1. The zero-order chi connectivity index (χ0) is 13.5. The maximum Gasteiger partial charge on any atom is 0.138 e. The standard InChI is InChI=1S/C14H20N4S/c1-3-7-15-9-12-5-4-6-13(8-12)19-10-14-16-11-17-18(14)2/h4-6,8,11,15H,3,7,9-10H2,1-2H3. The molecule has 1 aromatic heterocycles. The van der Waals surface area contributed by atoms with Gasteiger partial charge < -0.3 is 5.32 Å². The monoisotopic (exact) mass is 276 g/mol. The first kappa shape index (κ1) is 14.1. The van der Waals surface area contributed by atoms with Crippen molar-refractivity contribution in [3.05, 3.63) is 42.0 Å². The van der Waals surface area contributed by atoms with Crippen LogP contribution in [-0.2, 0) is 19.3 Å². The molecule has 1 N–H and O–H groups in total. The molecule has 0 amide bonds. The Morgan fingerprint density at radius 1 is 1.37 bits per heavy atom. The summed E-state index contributed by atoms with van der Waals surface area (Å²) in [5.41, 5.74) is 1.33.